The van der Waals surface area contributed by atoms with Crippen molar-refractivity contribution < 1.29 is 9.59 Å². The predicted octanol–water partition coefficient (Wildman–Crippen LogP) is 4.83. The van der Waals surface area contributed by atoms with Gasteiger partial charge in [-0.3, -0.25) is 9.69 Å². The van der Waals surface area contributed by atoms with Crippen LogP contribution in [0.1, 0.15) is 29.5 Å². The molecule has 0 radical (unpaired) electrons. The van der Waals surface area contributed by atoms with Crippen LogP contribution < -0.4 is 4.90 Å². The number of rotatable bonds is 7. The van der Waals surface area contributed by atoms with E-state index in [4.69, 9.17) is 5.26 Å². The number of imide groups is 1. The molecule has 0 saturated carbocycles. The minimum atomic E-state index is -0.278. The molecule has 176 valence electrons. The van der Waals surface area contributed by atoms with Crippen molar-refractivity contribution in [3.05, 3.63) is 89.5 Å². The molecule has 0 aromatic heterocycles. The van der Waals surface area contributed by atoms with Crippen molar-refractivity contribution in [2.75, 3.05) is 31.1 Å². The number of carbonyl (C=O) groups excluding carboxylic acids is 2. The van der Waals surface area contributed by atoms with E-state index in [0.717, 1.165) is 23.2 Å². The highest BCUT2D eigenvalue weighted by Gasteiger charge is 2.36. The molecule has 35 heavy (non-hydrogen) atoms. The fourth-order valence-electron chi connectivity index (χ4n) is 4.82. The number of carbonyl (C=O) groups is 2. The molecule has 2 fully saturated rings. The fourth-order valence-corrected chi connectivity index (χ4v) is 4.82. The number of nitriles is 1. The maximum atomic E-state index is 13.0. The largest absolute Gasteiger partial charge is 0.331 e. The highest BCUT2D eigenvalue weighted by Crippen LogP contribution is 2.27. The normalized spacial score (nSPS) is 16.2. The second kappa shape index (κ2) is 10.1. The molecule has 3 aromatic rings. The van der Waals surface area contributed by atoms with E-state index in [1.807, 2.05) is 30.3 Å². The molecule has 5 rings (SSSR count). The standard InChI is InChI=1S/C29H28N4O2/c30-19-24-4-3-5-26(18-24)25-10-12-27(13-11-25)33-28(34)21-32(29(33)35)17-14-22-6-8-23(9-7-22)20-31-15-1-2-16-31/h3-13,18H,1-2,14-17,20-21H2. The Bertz CT molecular complexity index is 1260. The molecule has 0 bridgehead atoms. The van der Waals surface area contributed by atoms with Crippen molar-refractivity contribution in [2.45, 2.75) is 25.8 Å². The van der Waals surface area contributed by atoms with E-state index in [0.29, 0.717) is 24.2 Å². The first kappa shape index (κ1) is 22.8. The lowest BCUT2D eigenvalue weighted by atomic mass is 10.0. The molecule has 0 spiro atoms. The number of hydrogen-bond acceptors (Lipinski definition) is 4. The van der Waals surface area contributed by atoms with Crippen LogP contribution in [-0.4, -0.2) is 47.9 Å². The highest BCUT2D eigenvalue weighted by atomic mass is 16.2. The lowest BCUT2D eigenvalue weighted by molar-refractivity contribution is -0.116. The molecule has 0 atom stereocenters. The summed E-state index contributed by atoms with van der Waals surface area (Å²) in [5.41, 5.74) is 5.48. The summed E-state index contributed by atoms with van der Waals surface area (Å²) in [7, 11) is 0. The molecule has 2 aliphatic heterocycles. The monoisotopic (exact) mass is 464 g/mol. The van der Waals surface area contributed by atoms with Crippen molar-refractivity contribution >= 4 is 17.6 Å². The quantitative estimate of drug-likeness (QED) is 0.470. The lowest BCUT2D eigenvalue weighted by Crippen LogP contribution is -2.34. The third-order valence-corrected chi connectivity index (χ3v) is 6.79. The molecule has 2 saturated heterocycles. The topological polar surface area (TPSA) is 67.7 Å². The van der Waals surface area contributed by atoms with Crippen LogP contribution in [0.15, 0.2) is 72.8 Å². The van der Waals surface area contributed by atoms with Gasteiger partial charge in [-0.1, -0.05) is 48.5 Å². The summed E-state index contributed by atoms with van der Waals surface area (Å²) in [5.74, 6) is -0.213. The van der Waals surface area contributed by atoms with Gasteiger partial charge in [0.05, 0.1) is 17.3 Å². The number of amides is 3. The summed E-state index contributed by atoms with van der Waals surface area (Å²) < 4.78 is 0. The van der Waals surface area contributed by atoms with Crippen molar-refractivity contribution in [1.29, 1.82) is 5.26 Å². The van der Waals surface area contributed by atoms with E-state index in [2.05, 4.69) is 35.2 Å². The SMILES string of the molecule is N#Cc1cccc(-c2ccc(N3C(=O)CN(CCc4ccc(CN5CCCC5)cc4)C3=O)cc2)c1. The maximum Gasteiger partial charge on any atom is 0.331 e. The van der Waals surface area contributed by atoms with Gasteiger partial charge in [0.15, 0.2) is 0 Å². The number of benzene rings is 3. The summed E-state index contributed by atoms with van der Waals surface area (Å²) >= 11 is 0. The minimum Gasteiger partial charge on any atom is -0.314 e. The predicted molar refractivity (Wildman–Crippen MR) is 136 cm³/mol. The van der Waals surface area contributed by atoms with Gasteiger partial charge in [-0.25, -0.2) is 9.69 Å². The number of urea groups is 1. The molecule has 3 aromatic carbocycles. The Balaban J connectivity index is 1.20. The van der Waals surface area contributed by atoms with E-state index >= 15 is 0 Å². The highest BCUT2D eigenvalue weighted by molar-refractivity contribution is 6.19. The van der Waals surface area contributed by atoms with Crippen molar-refractivity contribution in [2.24, 2.45) is 0 Å². The van der Waals surface area contributed by atoms with Crippen LogP contribution in [0.3, 0.4) is 0 Å². The van der Waals surface area contributed by atoms with E-state index < -0.39 is 0 Å². The smallest absolute Gasteiger partial charge is 0.314 e. The van der Waals surface area contributed by atoms with Gasteiger partial charge in [-0.15, -0.1) is 0 Å². The van der Waals surface area contributed by atoms with E-state index in [9.17, 15) is 9.59 Å². The number of likely N-dealkylation sites (tertiary alicyclic amines) is 1. The number of nitrogens with zero attached hydrogens (tertiary/aromatic N) is 4. The molecule has 0 N–H and O–H groups in total. The van der Waals surface area contributed by atoms with Crippen molar-refractivity contribution in [3.63, 3.8) is 0 Å². The lowest BCUT2D eigenvalue weighted by Gasteiger charge is -2.18. The molecule has 6 nitrogen and oxygen atoms in total. The fraction of sp³-hybridized carbons (Fsp3) is 0.276. The molecule has 2 heterocycles. The Morgan fingerprint density at radius 1 is 0.829 bits per heavy atom. The first-order valence-electron chi connectivity index (χ1n) is 12.1. The maximum absolute atomic E-state index is 13.0. The van der Waals surface area contributed by atoms with Crippen LogP contribution in [0.2, 0.25) is 0 Å². The van der Waals surface area contributed by atoms with Gasteiger partial charge in [-0.2, -0.15) is 5.26 Å². The van der Waals surface area contributed by atoms with Crippen LogP contribution >= 0.6 is 0 Å². The van der Waals surface area contributed by atoms with Gasteiger partial charge in [0.25, 0.3) is 5.91 Å². The zero-order valence-corrected chi connectivity index (χ0v) is 19.7. The molecule has 2 aliphatic rings. The van der Waals surface area contributed by atoms with Crippen molar-refractivity contribution in [3.8, 4) is 17.2 Å². The molecule has 3 amide bonds. The van der Waals surface area contributed by atoms with Crippen LogP contribution in [0.5, 0.6) is 0 Å². The number of hydrogen-bond donors (Lipinski definition) is 0. The summed E-state index contributed by atoms with van der Waals surface area (Å²) in [6, 6.07) is 25.1. The van der Waals surface area contributed by atoms with Gasteiger partial charge in [-0.05, 0) is 78.9 Å². The molecule has 0 unspecified atom stereocenters. The van der Waals surface area contributed by atoms with Gasteiger partial charge in [0.1, 0.15) is 6.54 Å². The summed E-state index contributed by atoms with van der Waals surface area (Å²) in [4.78, 5) is 31.0. The third-order valence-electron chi connectivity index (χ3n) is 6.79. The molecular formula is C29H28N4O2. The second-order valence-electron chi connectivity index (χ2n) is 9.22. The minimum absolute atomic E-state index is 0.0951. The van der Waals surface area contributed by atoms with Crippen LogP contribution in [0.25, 0.3) is 11.1 Å². The van der Waals surface area contributed by atoms with Crippen molar-refractivity contribution in [1.82, 2.24) is 9.80 Å². The van der Waals surface area contributed by atoms with E-state index in [1.165, 1.54) is 36.4 Å². The summed E-state index contributed by atoms with van der Waals surface area (Å²) in [6.07, 6.45) is 3.29. The molecular weight excluding hydrogens is 436 g/mol. The zero-order valence-electron chi connectivity index (χ0n) is 19.7. The Kier molecular flexibility index (Phi) is 6.60. The zero-order chi connectivity index (χ0) is 24.2. The molecule has 6 heteroatoms. The summed E-state index contributed by atoms with van der Waals surface area (Å²) in [6.45, 7) is 3.96. The Morgan fingerprint density at radius 3 is 2.26 bits per heavy atom. The van der Waals surface area contributed by atoms with Crippen LogP contribution in [0.4, 0.5) is 10.5 Å². The van der Waals surface area contributed by atoms with Crippen LogP contribution in [-0.2, 0) is 17.8 Å². The Hall–Kier alpha value is -3.95. The van der Waals surface area contributed by atoms with Crippen LogP contribution in [0, 0.1) is 11.3 Å². The second-order valence-corrected chi connectivity index (χ2v) is 9.22. The Morgan fingerprint density at radius 2 is 1.54 bits per heavy atom. The van der Waals surface area contributed by atoms with Gasteiger partial charge in [0, 0.05) is 13.1 Å². The number of anilines is 1. The third kappa shape index (κ3) is 5.11. The van der Waals surface area contributed by atoms with Gasteiger partial charge in [0.2, 0.25) is 0 Å². The van der Waals surface area contributed by atoms with E-state index in [-0.39, 0.29) is 18.5 Å². The van der Waals surface area contributed by atoms with Gasteiger partial charge >= 0.3 is 6.03 Å². The Labute approximate surface area is 206 Å². The van der Waals surface area contributed by atoms with Gasteiger partial charge < -0.3 is 4.90 Å². The first-order chi connectivity index (χ1) is 17.1. The average Bonchev–Trinajstić information content (AvgIpc) is 3.50. The summed E-state index contributed by atoms with van der Waals surface area (Å²) in [5, 5.41) is 9.12. The molecule has 0 aliphatic carbocycles. The first-order valence-corrected chi connectivity index (χ1v) is 12.1. The van der Waals surface area contributed by atoms with E-state index in [1.54, 1.807) is 23.1 Å². The average molecular weight is 465 g/mol.